The molecule has 0 radical (unpaired) electrons. The number of benzene rings is 9. The Kier molecular flexibility index (Phi) is 8.35. The van der Waals surface area contributed by atoms with E-state index in [1.54, 1.807) is 11.1 Å². The van der Waals surface area contributed by atoms with Crippen LogP contribution in [0.5, 0.6) is 0 Å². The van der Waals surface area contributed by atoms with Gasteiger partial charge in [-0.1, -0.05) is 139 Å². The van der Waals surface area contributed by atoms with E-state index in [1.807, 2.05) is 0 Å². The van der Waals surface area contributed by atoms with Crippen molar-refractivity contribution in [3.63, 3.8) is 0 Å². The summed E-state index contributed by atoms with van der Waals surface area (Å²) in [6, 6.07) is 69.1. The minimum absolute atomic E-state index is 1.10. The number of fused-ring (bicyclic) bond motifs is 8. The van der Waals surface area contributed by atoms with E-state index in [2.05, 4.69) is 194 Å². The van der Waals surface area contributed by atoms with Gasteiger partial charge in [0.15, 0.2) is 0 Å². The van der Waals surface area contributed by atoms with E-state index in [9.17, 15) is 0 Å². The van der Waals surface area contributed by atoms with E-state index in [4.69, 9.17) is 0 Å². The molecule has 0 saturated heterocycles. The molecule has 4 aliphatic carbocycles. The van der Waals surface area contributed by atoms with Gasteiger partial charge in [0.25, 0.3) is 0 Å². The first-order chi connectivity index (χ1) is 31.1. The van der Waals surface area contributed by atoms with Gasteiger partial charge in [0.05, 0.1) is 0 Å². The Balaban J connectivity index is 0.874. The molecule has 9 aromatic carbocycles. The third-order valence-corrected chi connectivity index (χ3v) is 14.6. The molecule has 9 aromatic rings. The van der Waals surface area contributed by atoms with Crippen LogP contribution in [0.25, 0.3) is 83.1 Å². The SMILES string of the molecule is Cc1ccc2c(c1)CCc1ccc(-c3ccc(N(c4ccc(-c5cc6c7c(cccc7c5)-c5ccccc5-6)cc4)c4ccc(-c5cccc6c5CC5=C6CCCC5)cc4)cc3)cc1-2. The van der Waals surface area contributed by atoms with Crippen LogP contribution >= 0.6 is 0 Å². The van der Waals surface area contributed by atoms with Crippen LogP contribution in [-0.2, 0) is 19.3 Å². The van der Waals surface area contributed by atoms with Gasteiger partial charge in [0.1, 0.15) is 0 Å². The second-order valence-electron chi connectivity index (χ2n) is 18.3. The highest BCUT2D eigenvalue weighted by molar-refractivity contribution is 6.16. The first-order valence-corrected chi connectivity index (χ1v) is 23.0. The molecule has 0 bridgehead atoms. The molecular formula is C62H47N. The van der Waals surface area contributed by atoms with Crippen molar-refractivity contribution < 1.29 is 0 Å². The Morgan fingerprint density at radius 3 is 1.75 bits per heavy atom. The fourth-order valence-corrected chi connectivity index (χ4v) is 11.5. The molecular weight excluding hydrogens is 759 g/mol. The standard InChI is InChI=1S/C62H47N/c1-39-16-33-54-46(34-39)20-18-43-17-19-44(36-59(43)54)40-21-27-49(28-22-40)63(51-31-25-42(26-32-51)52-13-7-14-55-53-10-3-2-8-45(53)37-60(52)55)50-29-23-41(24-30-50)48-35-47-9-6-15-58-56-11-4-5-12-57(56)61(38-48)62(47)58/h4-7,9,11-17,19,21-36,38H,2-3,8,10,18,20,37H2,1H3. The largest absolute Gasteiger partial charge is 0.311 e. The Morgan fingerprint density at radius 1 is 0.365 bits per heavy atom. The summed E-state index contributed by atoms with van der Waals surface area (Å²) in [4.78, 5) is 2.42. The van der Waals surface area contributed by atoms with Gasteiger partial charge in [-0.3, -0.25) is 0 Å². The van der Waals surface area contributed by atoms with Crippen molar-refractivity contribution in [2.75, 3.05) is 4.90 Å². The summed E-state index contributed by atoms with van der Waals surface area (Å²) in [5, 5.41) is 2.66. The molecule has 13 rings (SSSR count). The van der Waals surface area contributed by atoms with E-state index in [-0.39, 0.29) is 0 Å². The van der Waals surface area contributed by atoms with Crippen LogP contribution < -0.4 is 4.90 Å². The van der Waals surface area contributed by atoms with Crippen molar-refractivity contribution >= 4 is 33.4 Å². The molecule has 0 aliphatic heterocycles. The molecule has 0 fully saturated rings. The van der Waals surface area contributed by atoms with Gasteiger partial charge in [-0.15, -0.1) is 0 Å². The summed E-state index contributed by atoms with van der Waals surface area (Å²) in [5.74, 6) is 0. The topological polar surface area (TPSA) is 3.24 Å². The van der Waals surface area contributed by atoms with Gasteiger partial charge in [0, 0.05) is 17.1 Å². The molecule has 4 aliphatic rings. The quantitative estimate of drug-likeness (QED) is 0.162. The summed E-state index contributed by atoms with van der Waals surface area (Å²) in [7, 11) is 0. The van der Waals surface area contributed by atoms with Crippen molar-refractivity contribution in [3.05, 3.63) is 215 Å². The lowest BCUT2D eigenvalue weighted by Gasteiger charge is -2.26. The van der Waals surface area contributed by atoms with E-state index in [0.29, 0.717) is 0 Å². The Labute approximate surface area is 370 Å². The third-order valence-electron chi connectivity index (χ3n) is 14.6. The molecule has 0 saturated carbocycles. The summed E-state index contributed by atoms with van der Waals surface area (Å²) >= 11 is 0. The molecule has 0 spiro atoms. The van der Waals surface area contributed by atoms with Crippen molar-refractivity contribution in [3.8, 4) is 66.8 Å². The van der Waals surface area contributed by atoms with Gasteiger partial charge in [-0.2, -0.15) is 0 Å². The molecule has 63 heavy (non-hydrogen) atoms. The Bertz CT molecular complexity index is 3340. The fraction of sp³-hybridized carbons (Fsp3) is 0.129. The predicted octanol–water partition coefficient (Wildman–Crippen LogP) is 16.9. The van der Waals surface area contributed by atoms with E-state index in [1.165, 1.54) is 131 Å². The van der Waals surface area contributed by atoms with Crippen LogP contribution in [0.15, 0.2) is 188 Å². The number of rotatable bonds is 6. The normalized spacial score (nSPS) is 14.2. The van der Waals surface area contributed by atoms with Crippen LogP contribution in [0.4, 0.5) is 17.1 Å². The molecule has 0 heterocycles. The monoisotopic (exact) mass is 805 g/mol. The number of nitrogens with zero attached hydrogens (tertiary/aromatic N) is 1. The van der Waals surface area contributed by atoms with E-state index in [0.717, 1.165) is 36.3 Å². The number of hydrogen-bond donors (Lipinski definition) is 0. The summed E-state index contributed by atoms with van der Waals surface area (Å²) in [6.07, 6.45) is 8.45. The average molecular weight is 806 g/mol. The molecule has 0 N–H and O–H groups in total. The number of allylic oxidation sites excluding steroid dienone is 2. The molecule has 1 heteroatoms. The van der Waals surface area contributed by atoms with Crippen molar-refractivity contribution in [2.24, 2.45) is 0 Å². The average Bonchev–Trinajstić information content (AvgIpc) is 3.89. The molecule has 0 unspecified atom stereocenters. The minimum Gasteiger partial charge on any atom is -0.311 e. The lowest BCUT2D eigenvalue weighted by atomic mass is 9.83. The fourth-order valence-electron chi connectivity index (χ4n) is 11.5. The second-order valence-corrected chi connectivity index (χ2v) is 18.3. The first-order valence-electron chi connectivity index (χ1n) is 23.0. The van der Waals surface area contributed by atoms with Crippen LogP contribution in [0.3, 0.4) is 0 Å². The Morgan fingerprint density at radius 2 is 0.968 bits per heavy atom. The van der Waals surface area contributed by atoms with Gasteiger partial charge in [-0.05, 0) is 212 Å². The number of anilines is 3. The van der Waals surface area contributed by atoms with Gasteiger partial charge < -0.3 is 4.90 Å². The van der Waals surface area contributed by atoms with Gasteiger partial charge in [-0.25, -0.2) is 0 Å². The highest BCUT2D eigenvalue weighted by atomic mass is 15.1. The maximum Gasteiger partial charge on any atom is 0.0462 e. The van der Waals surface area contributed by atoms with Crippen molar-refractivity contribution in [1.29, 1.82) is 0 Å². The Hall–Kier alpha value is -7.22. The zero-order valence-corrected chi connectivity index (χ0v) is 35.7. The van der Waals surface area contributed by atoms with Crippen LogP contribution in [0.2, 0.25) is 0 Å². The maximum absolute atomic E-state index is 2.42. The zero-order valence-electron chi connectivity index (χ0n) is 35.7. The van der Waals surface area contributed by atoms with Gasteiger partial charge in [0.2, 0.25) is 0 Å². The third kappa shape index (κ3) is 5.98. The highest BCUT2D eigenvalue weighted by Gasteiger charge is 2.27. The molecule has 0 aromatic heterocycles. The summed E-state index contributed by atoms with van der Waals surface area (Å²) < 4.78 is 0. The predicted molar refractivity (Wildman–Crippen MR) is 266 cm³/mol. The first kappa shape index (κ1) is 36.4. The van der Waals surface area contributed by atoms with Crippen LogP contribution in [-0.4, -0.2) is 0 Å². The minimum atomic E-state index is 1.10. The smallest absolute Gasteiger partial charge is 0.0462 e. The molecule has 0 amide bonds. The summed E-state index contributed by atoms with van der Waals surface area (Å²) in [6.45, 7) is 2.20. The lowest BCUT2D eigenvalue weighted by Crippen LogP contribution is -2.10. The van der Waals surface area contributed by atoms with Gasteiger partial charge >= 0.3 is 0 Å². The summed E-state index contributed by atoms with van der Waals surface area (Å²) in [5.41, 5.74) is 29.7. The zero-order chi connectivity index (χ0) is 41.6. The second kappa shape index (κ2) is 14.4. The van der Waals surface area contributed by atoms with E-state index < -0.39 is 0 Å². The van der Waals surface area contributed by atoms with Crippen molar-refractivity contribution in [2.45, 2.75) is 51.9 Å². The van der Waals surface area contributed by atoms with Crippen LogP contribution in [0, 0.1) is 6.92 Å². The van der Waals surface area contributed by atoms with Crippen molar-refractivity contribution in [1.82, 2.24) is 0 Å². The number of hydrogen-bond acceptors (Lipinski definition) is 1. The molecule has 0 atom stereocenters. The lowest BCUT2D eigenvalue weighted by molar-refractivity contribution is 0.711. The number of aryl methyl sites for hydroxylation is 3. The molecule has 1 nitrogen and oxygen atoms in total. The maximum atomic E-state index is 2.42. The highest BCUT2D eigenvalue weighted by Crippen LogP contribution is 2.49. The van der Waals surface area contributed by atoms with Crippen LogP contribution in [0.1, 0.15) is 53.5 Å². The molecule has 300 valence electrons. The van der Waals surface area contributed by atoms with E-state index >= 15 is 0 Å².